The first-order chi connectivity index (χ1) is 17.0. The van der Waals surface area contributed by atoms with E-state index in [0.29, 0.717) is 5.92 Å². The van der Waals surface area contributed by atoms with E-state index in [1.165, 1.54) is 73.1 Å². The highest BCUT2D eigenvalue weighted by Gasteiger charge is 2.54. The predicted octanol–water partition coefficient (Wildman–Crippen LogP) is 7.12. The molecule has 0 unspecified atom stereocenters. The van der Waals surface area contributed by atoms with E-state index in [2.05, 4.69) is 45.6 Å². The van der Waals surface area contributed by atoms with E-state index in [1.807, 2.05) is 18.0 Å². The molecule has 3 nitrogen and oxygen atoms in total. The maximum Gasteiger partial charge on any atom is 0.0723 e. The number of benzene rings is 2. The number of rotatable bonds is 5. The van der Waals surface area contributed by atoms with E-state index in [4.69, 9.17) is 11.6 Å². The van der Waals surface area contributed by atoms with Crippen molar-refractivity contribution in [2.45, 2.75) is 62.4 Å². The van der Waals surface area contributed by atoms with Gasteiger partial charge in [-0.2, -0.15) is 0 Å². The minimum absolute atomic E-state index is 0.129. The second-order valence-electron chi connectivity index (χ2n) is 12.3. The Morgan fingerprint density at radius 1 is 0.943 bits per heavy atom. The second kappa shape index (κ2) is 8.97. The van der Waals surface area contributed by atoms with Gasteiger partial charge in [0.1, 0.15) is 0 Å². The predicted molar refractivity (Wildman–Crippen MR) is 146 cm³/mol. The molecule has 0 aromatic heterocycles. The normalized spacial score (nSPS) is 33.0. The fraction of sp³-hybridized carbons (Fsp3) is 0.600. The molecule has 1 saturated heterocycles. The van der Waals surface area contributed by atoms with E-state index >= 15 is 0 Å². The lowest BCUT2D eigenvalue weighted by molar-refractivity contribution is -0.127. The van der Waals surface area contributed by atoms with E-state index in [0.717, 1.165) is 49.0 Å². The average molecular weight is 509 g/mol. The Morgan fingerprint density at radius 3 is 2.34 bits per heavy atom. The molecular weight excluding hydrogens is 472 g/mol. The van der Waals surface area contributed by atoms with Gasteiger partial charge in [0.15, 0.2) is 0 Å². The van der Waals surface area contributed by atoms with Crippen molar-refractivity contribution in [1.29, 1.82) is 0 Å². The van der Waals surface area contributed by atoms with E-state index in [1.54, 1.807) is 0 Å². The lowest BCUT2D eigenvalue weighted by Crippen LogP contribution is -2.55. The summed E-state index contributed by atoms with van der Waals surface area (Å²) in [5.74, 6) is 3.40. The fourth-order valence-electron chi connectivity index (χ4n) is 8.62. The molecule has 0 radical (unpaired) electrons. The summed E-state index contributed by atoms with van der Waals surface area (Å²) in [6.07, 6.45) is 10.5. The van der Waals surface area contributed by atoms with Crippen molar-refractivity contribution in [2.24, 2.45) is 29.1 Å². The summed E-state index contributed by atoms with van der Waals surface area (Å²) in [4.78, 5) is 3.90. The third-order valence-electron chi connectivity index (χ3n) is 9.97. The van der Waals surface area contributed by atoms with Crippen molar-refractivity contribution < 1.29 is 5.11 Å². The zero-order valence-corrected chi connectivity index (χ0v) is 22.1. The van der Waals surface area contributed by atoms with Crippen molar-refractivity contribution in [3.05, 3.63) is 47.5 Å². The van der Waals surface area contributed by atoms with Crippen molar-refractivity contribution >= 4 is 29.2 Å². The van der Waals surface area contributed by atoms with Gasteiger partial charge in [0, 0.05) is 28.6 Å². The molecule has 6 aliphatic rings. The van der Waals surface area contributed by atoms with Crippen LogP contribution in [0.25, 0.3) is 11.1 Å². The largest absolute Gasteiger partial charge is 0.391 e. The Labute approximate surface area is 219 Å². The number of hydrogen-bond acceptors (Lipinski definition) is 4. The van der Waals surface area contributed by atoms with Gasteiger partial charge in [-0.15, -0.1) is 0 Å². The summed E-state index contributed by atoms with van der Waals surface area (Å²) >= 11 is 8.29. The first kappa shape index (κ1) is 23.0. The lowest BCUT2D eigenvalue weighted by atomic mass is 9.48. The number of aliphatic hydroxyl groups is 1. The molecule has 5 heteroatoms. The minimum Gasteiger partial charge on any atom is -0.391 e. The quantitative estimate of drug-likeness (QED) is 0.435. The summed E-state index contributed by atoms with van der Waals surface area (Å²) in [7, 11) is 0. The molecule has 2 aromatic carbocycles. The van der Waals surface area contributed by atoms with Gasteiger partial charge in [0.25, 0.3) is 0 Å². The van der Waals surface area contributed by atoms with E-state index < -0.39 is 0 Å². The van der Waals surface area contributed by atoms with Crippen LogP contribution >= 0.6 is 23.5 Å². The van der Waals surface area contributed by atoms with Gasteiger partial charge in [-0.1, -0.05) is 35.9 Å². The highest BCUT2D eigenvalue weighted by Crippen LogP contribution is 2.61. The number of nitrogens with zero attached hydrogens (tertiary/aromatic N) is 2. The Bertz CT molecular complexity index is 1060. The highest BCUT2D eigenvalue weighted by atomic mass is 35.5. The fourth-order valence-corrected chi connectivity index (χ4v) is 9.98. The molecule has 0 spiro atoms. The van der Waals surface area contributed by atoms with Crippen molar-refractivity contribution in [1.82, 2.24) is 4.90 Å². The van der Waals surface area contributed by atoms with Crippen LogP contribution in [0.2, 0.25) is 5.02 Å². The number of hydrogen-bond donors (Lipinski definition) is 1. The van der Waals surface area contributed by atoms with Gasteiger partial charge in [0.05, 0.1) is 11.8 Å². The van der Waals surface area contributed by atoms with Crippen LogP contribution in [0.5, 0.6) is 0 Å². The summed E-state index contributed by atoms with van der Waals surface area (Å²) < 4.78 is 2.48. The number of fused-ring (bicyclic) bond motifs is 3. The lowest BCUT2D eigenvalue weighted by Gasteiger charge is -2.59. The summed E-state index contributed by atoms with van der Waals surface area (Å²) in [5, 5.41) is 12.3. The van der Waals surface area contributed by atoms with Crippen LogP contribution in [-0.2, 0) is 0 Å². The van der Waals surface area contributed by atoms with Gasteiger partial charge in [-0.3, -0.25) is 0 Å². The van der Waals surface area contributed by atoms with Crippen LogP contribution < -0.4 is 4.31 Å². The third-order valence-corrected chi connectivity index (χ3v) is 11.3. The van der Waals surface area contributed by atoms with Gasteiger partial charge in [-0.25, -0.2) is 0 Å². The maximum atomic E-state index is 11.5. The number of halogens is 1. The summed E-state index contributed by atoms with van der Waals surface area (Å²) in [6.45, 7) is 4.18. The number of anilines is 1. The van der Waals surface area contributed by atoms with Crippen LogP contribution in [0.3, 0.4) is 0 Å². The Morgan fingerprint density at radius 2 is 1.63 bits per heavy atom. The maximum absolute atomic E-state index is 11.5. The van der Waals surface area contributed by atoms with Gasteiger partial charge >= 0.3 is 0 Å². The zero-order valence-electron chi connectivity index (χ0n) is 20.5. The first-order valence-electron chi connectivity index (χ1n) is 13.8. The number of piperidine rings is 1. The number of likely N-dealkylation sites (tertiary alicyclic amines) is 1. The molecule has 2 heterocycles. The Hall–Kier alpha value is -1.20. The second-order valence-corrected chi connectivity index (χ2v) is 13.8. The van der Waals surface area contributed by atoms with Gasteiger partial charge in [0.2, 0.25) is 0 Å². The monoisotopic (exact) mass is 508 g/mol. The van der Waals surface area contributed by atoms with Gasteiger partial charge < -0.3 is 14.3 Å². The van der Waals surface area contributed by atoms with Crippen LogP contribution in [0, 0.1) is 29.1 Å². The third kappa shape index (κ3) is 4.23. The molecule has 2 aliphatic heterocycles. The highest BCUT2D eigenvalue weighted by molar-refractivity contribution is 8.01. The zero-order chi connectivity index (χ0) is 23.6. The molecule has 2 aromatic rings. The average Bonchev–Trinajstić information content (AvgIpc) is 2.84. The summed E-state index contributed by atoms with van der Waals surface area (Å²) in [6, 6.07) is 15.0. The molecule has 4 bridgehead atoms. The number of β-amino-alcohol motifs (C(OH)–C–C–N with tert-alkyl or cyclic N) is 1. The topological polar surface area (TPSA) is 26.7 Å². The van der Waals surface area contributed by atoms with Crippen LogP contribution in [-0.4, -0.2) is 42.3 Å². The van der Waals surface area contributed by atoms with Crippen LogP contribution in [0.15, 0.2) is 47.4 Å². The van der Waals surface area contributed by atoms with E-state index in [9.17, 15) is 5.11 Å². The molecule has 35 heavy (non-hydrogen) atoms. The first-order valence-corrected chi connectivity index (χ1v) is 14.9. The SMILES string of the molecule is O[C@H](CN1CCC(CN2Sc3ccccc3-c3ccc(Cl)cc32)CC1)C12CC3CC(CC(C3)C1)C2. The van der Waals surface area contributed by atoms with Crippen LogP contribution in [0.4, 0.5) is 5.69 Å². The number of aliphatic hydroxyl groups excluding tert-OH is 1. The van der Waals surface area contributed by atoms with Gasteiger partial charge in [-0.05, 0) is 129 Å². The molecule has 1 atom stereocenters. The summed E-state index contributed by atoms with van der Waals surface area (Å²) in [5.41, 5.74) is 4.10. The Kier molecular flexibility index (Phi) is 5.89. The molecule has 1 N–H and O–H groups in total. The van der Waals surface area contributed by atoms with Crippen molar-refractivity contribution in [3.63, 3.8) is 0 Å². The molecular formula is C30H37ClN2OS. The van der Waals surface area contributed by atoms with E-state index in [-0.39, 0.29) is 11.5 Å². The molecule has 5 fully saturated rings. The molecule has 186 valence electrons. The smallest absolute Gasteiger partial charge is 0.0723 e. The molecule has 4 aliphatic carbocycles. The molecule has 8 rings (SSSR count). The molecule has 0 amide bonds. The van der Waals surface area contributed by atoms with Crippen molar-refractivity contribution in [2.75, 3.05) is 30.5 Å². The molecule has 4 saturated carbocycles. The van der Waals surface area contributed by atoms with Crippen molar-refractivity contribution in [3.8, 4) is 11.1 Å². The Balaban J connectivity index is 0.990. The minimum atomic E-state index is -0.129. The van der Waals surface area contributed by atoms with Crippen LogP contribution in [0.1, 0.15) is 51.4 Å². The standard InChI is InChI=1S/C30H37ClN2OS/c31-24-5-6-25-26-3-1-2-4-28(26)35-33(27(25)14-24)18-20-7-9-32(10-8-20)19-29(34)30-15-21-11-22(16-30)13-23(12-21)17-30/h1-6,14,20-23,29,34H,7-13,15-19H2/t21?,22?,23?,29-,30?/m1/s1.